The van der Waals surface area contributed by atoms with E-state index in [2.05, 4.69) is 5.32 Å². The van der Waals surface area contributed by atoms with Gasteiger partial charge in [-0.15, -0.1) is 0 Å². The van der Waals surface area contributed by atoms with Crippen molar-refractivity contribution < 1.29 is 9.66 Å². The number of hydrogen-bond acceptors (Lipinski definition) is 4. The second-order valence-corrected chi connectivity index (χ2v) is 4.74. The summed E-state index contributed by atoms with van der Waals surface area (Å²) in [5, 5.41) is 14.2. The van der Waals surface area contributed by atoms with Gasteiger partial charge in [0.05, 0.1) is 11.5 Å². The summed E-state index contributed by atoms with van der Waals surface area (Å²) in [4.78, 5) is 10.5. The van der Waals surface area contributed by atoms with Crippen molar-refractivity contribution in [3.63, 3.8) is 0 Å². The molecule has 0 bridgehead atoms. The van der Waals surface area contributed by atoms with Crippen LogP contribution in [0.1, 0.15) is 17.5 Å². The molecule has 0 saturated carbocycles. The Labute approximate surface area is 106 Å². The summed E-state index contributed by atoms with van der Waals surface area (Å²) in [5.74, 6) is 0.574. The zero-order valence-corrected chi connectivity index (χ0v) is 10.5. The van der Waals surface area contributed by atoms with Crippen LogP contribution < -0.4 is 5.32 Å². The topological polar surface area (TPSA) is 64.4 Å². The van der Waals surface area contributed by atoms with Crippen LogP contribution in [0.25, 0.3) is 0 Å². The normalized spacial score (nSPS) is 19.1. The van der Waals surface area contributed by atoms with Crippen molar-refractivity contribution in [2.24, 2.45) is 5.92 Å². The van der Waals surface area contributed by atoms with Crippen LogP contribution in [0.2, 0.25) is 0 Å². The quantitative estimate of drug-likeness (QED) is 0.641. The number of rotatable bonds is 5. The maximum absolute atomic E-state index is 10.8. The Morgan fingerprint density at radius 2 is 2.39 bits per heavy atom. The highest BCUT2D eigenvalue weighted by molar-refractivity contribution is 5.42. The first-order valence-electron chi connectivity index (χ1n) is 6.19. The molecule has 0 amide bonds. The molecule has 5 heteroatoms. The zero-order chi connectivity index (χ0) is 13.0. The molecule has 1 heterocycles. The van der Waals surface area contributed by atoms with E-state index >= 15 is 0 Å². The summed E-state index contributed by atoms with van der Waals surface area (Å²) in [6, 6.07) is 5.38. The number of nitrogens with zero attached hydrogens (tertiary/aromatic N) is 1. The predicted octanol–water partition coefficient (Wildman–Crippen LogP) is 2.03. The van der Waals surface area contributed by atoms with E-state index in [0.29, 0.717) is 18.0 Å². The lowest BCUT2D eigenvalue weighted by Gasteiger charge is -2.09. The highest BCUT2D eigenvalue weighted by Crippen LogP contribution is 2.19. The molecule has 0 spiro atoms. The van der Waals surface area contributed by atoms with E-state index in [9.17, 15) is 10.1 Å². The lowest BCUT2D eigenvalue weighted by molar-refractivity contribution is -0.385. The van der Waals surface area contributed by atoms with Crippen molar-refractivity contribution in [3.05, 3.63) is 39.4 Å². The molecule has 1 N–H and O–H groups in total. The molecule has 1 saturated heterocycles. The Bertz CT molecular complexity index is 428. The maximum Gasteiger partial charge on any atom is 0.272 e. The highest BCUT2D eigenvalue weighted by Gasteiger charge is 2.15. The average Bonchev–Trinajstić information content (AvgIpc) is 2.84. The smallest absolute Gasteiger partial charge is 0.272 e. The SMILES string of the molecule is Cc1ccc(CNCC2CCOC2)cc1[N+](=O)[O-]. The molecule has 5 nitrogen and oxygen atoms in total. The molecule has 0 aliphatic carbocycles. The molecule has 1 atom stereocenters. The van der Waals surface area contributed by atoms with Gasteiger partial charge < -0.3 is 10.1 Å². The first-order chi connectivity index (χ1) is 8.66. The van der Waals surface area contributed by atoms with E-state index in [1.54, 1.807) is 19.1 Å². The summed E-state index contributed by atoms with van der Waals surface area (Å²) in [5.41, 5.74) is 1.85. The van der Waals surface area contributed by atoms with E-state index in [4.69, 9.17) is 4.74 Å². The first kappa shape index (κ1) is 13.0. The predicted molar refractivity (Wildman–Crippen MR) is 68.5 cm³/mol. The second kappa shape index (κ2) is 5.93. The van der Waals surface area contributed by atoms with Crippen molar-refractivity contribution in [1.82, 2.24) is 5.32 Å². The van der Waals surface area contributed by atoms with Gasteiger partial charge >= 0.3 is 0 Å². The summed E-state index contributed by atoms with van der Waals surface area (Å²) in [6.07, 6.45) is 1.10. The van der Waals surface area contributed by atoms with Crippen LogP contribution in [0.3, 0.4) is 0 Å². The summed E-state index contributed by atoms with van der Waals surface area (Å²) in [7, 11) is 0. The molecule has 0 radical (unpaired) electrons. The van der Waals surface area contributed by atoms with Crippen molar-refractivity contribution in [2.45, 2.75) is 19.9 Å². The van der Waals surface area contributed by atoms with Crippen molar-refractivity contribution in [3.8, 4) is 0 Å². The second-order valence-electron chi connectivity index (χ2n) is 4.74. The van der Waals surface area contributed by atoms with Gasteiger partial charge in [0.15, 0.2) is 0 Å². The maximum atomic E-state index is 10.8. The molecule has 18 heavy (non-hydrogen) atoms. The third-order valence-corrected chi connectivity index (χ3v) is 3.26. The van der Waals surface area contributed by atoms with Crippen LogP contribution in [0.15, 0.2) is 18.2 Å². The molecule has 2 rings (SSSR count). The average molecular weight is 250 g/mol. The first-order valence-corrected chi connectivity index (χ1v) is 6.19. The van der Waals surface area contributed by atoms with Crippen molar-refractivity contribution >= 4 is 5.69 Å². The fourth-order valence-corrected chi connectivity index (χ4v) is 2.13. The van der Waals surface area contributed by atoms with Crippen LogP contribution in [0.4, 0.5) is 5.69 Å². The van der Waals surface area contributed by atoms with Crippen LogP contribution in [-0.4, -0.2) is 24.7 Å². The number of hydrogen-bond donors (Lipinski definition) is 1. The Kier molecular flexibility index (Phi) is 4.28. The number of nitro groups is 1. The Hall–Kier alpha value is -1.46. The number of aryl methyl sites for hydroxylation is 1. The zero-order valence-electron chi connectivity index (χ0n) is 10.5. The van der Waals surface area contributed by atoms with Crippen LogP contribution in [0.5, 0.6) is 0 Å². The van der Waals surface area contributed by atoms with Gasteiger partial charge in [-0.1, -0.05) is 12.1 Å². The van der Waals surface area contributed by atoms with Crippen LogP contribution in [-0.2, 0) is 11.3 Å². The number of ether oxygens (including phenoxy) is 1. The van der Waals surface area contributed by atoms with E-state index in [0.717, 1.165) is 31.7 Å². The molecule has 1 unspecified atom stereocenters. The van der Waals surface area contributed by atoms with Crippen LogP contribution in [0, 0.1) is 23.0 Å². The van der Waals surface area contributed by atoms with E-state index < -0.39 is 0 Å². The monoisotopic (exact) mass is 250 g/mol. The molecule has 1 aromatic rings. The third-order valence-electron chi connectivity index (χ3n) is 3.26. The van der Waals surface area contributed by atoms with Gasteiger partial charge in [-0.05, 0) is 24.8 Å². The van der Waals surface area contributed by atoms with Gasteiger partial charge in [-0.2, -0.15) is 0 Å². The largest absolute Gasteiger partial charge is 0.381 e. The van der Waals surface area contributed by atoms with Gasteiger partial charge in [0.25, 0.3) is 5.69 Å². The third kappa shape index (κ3) is 3.27. The lowest BCUT2D eigenvalue weighted by Crippen LogP contribution is -2.22. The Balaban J connectivity index is 1.88. The van der Waals surface area contributed by atoms with E-state index in [1.165, 1.54) is 0 Å². The van der Waals surface area contributed by atoms with Crippen molar-refractivity contribution in [2.75, 3.05) is 19.8 Å². The molecule has 1 aliphatic heterocycles. The molecule has 98 valence electrons. The van der Waals surface area contributed by atoms with E-state index in [1.807, 2.05) is 6.07 Å². The minimum atomic E-state index is -0.330. The van der Waals surface area contributed by atoms with Crippen molar-refractivity contribution in [1.29, 1.82) is 0 Å². The van der Waals surface area contributed by atoms with Crippen LogP contribution >= 0.6 is 0 Å². The van der Waals surface area contributed by atoms with Gasteiger partial charge in [0.1, 0.15) is 0 Å². The molecular formula is C13H18N2O3. The fourth-order valence-electron chi connectivity index (χ4n) is 2.13. The van der Waals surface area contributed by atoms with E-state index in [-0.39, 0.29) is 10.6 Å². The highest BCUT2D eigenvalue weighted by atomic mass is 16.6. The molecule has 1 aromatic carbocycles. The lowest BCUT2D eigenvalue weighted by atomic mass is 10.1. The summed E-state index contributed by atoms with van der Waals surface area (Å²) < 4.78 is 5.30. The summed E-state index contributed by atoms with van der Waals surface area (Å²) >= 11 is 0. The van der Waals surface area contributed by atoms with Gasteiger partial charge in [-0.25, -0.2) is 0 Å². The molecule has 0 aromatic heterocycles. The Morgan fingerprint density at radius 3 is 3.06 bits per heavy atom. The minimum Gasteiger partial charge on any atom is -0.381 e. The molecule has 1 aliphatic rings. The standard InChI is InChI=1S/C13H18N2O3/c1-10-2-3-11(6-13(10)15(16)17)7-14-8-12-4-5-18-9-12/h2-3,6,12,14H,4-5,7-9H2,1H3. The Morgan fingerprint density at radius 1 is 1.56 bits per heavy atom. The van der Waals surface area contributed by atoms with Gasteiger partial charge in [0.2, 0.25) is 0 Å². The molecular weight excluding hydrogens is 232 g/mol. The minimum absolute atomic E-state index is 0.193. The van der Waals surface area contributed by atoms with Gasteiger partial charge in [0, 0.05) is 31.3 Å². The number of benzene rings is 1. The van der Waals surface area contributed by atoms with Gasteiger partial charge in [-0.3, -0.25) is 10.1 Å². The fraction of sp³-hybridized carbons (Fsp3) is 0.538. The number of nitro benzene ring substituents is 1. The number of nitrogens with one attached hydrogen (secondary N) is 1. The summed E-state index contributed by atoms with van der Waals surface area (Å²) in [6.45, 7) is 4.99. The molecule has 1 fully saturated rings.